The van der Waals surface area contributed by atoms with E-state index in [-0.39, 0.29) is 12.4 Å². The van der Waals surface area contributed by atoms with Gasteiger partial charge in [0.1, 0.15) is 23.8 Å². The van der Waals surface area contributed by atoms with Crippen LogP contribution in [0.4, 0.5) is 4.39 Å². The van der Waals surface area contributed by atoms with E-state index in [9.17, 15) is 9.50 Å². The van der Waals surface area contributed by atoms with Crippen molar-refractivity contribution in [2.75, 3.05) is 13.2 Å². The van der Waals surface area contributed by atoms with Crippen LogP contribution in [0.15, 0.2) is 18.2 Å². The van der Waals surface area contributed by atoms with Crippen LogP contribution in [0.25, 0.3) is 0 Å². The van der Waals surface area contributed by atoms with E-state index in [1.54, 1.807) is 6.07 Å². The standard InChI is InChI=1S/C11H13FO3/c1-7-2-3-8(12)4-10(7)15-11-6-14-5-9(11)13/h2-4,9,11,13H,5-6H2,1H3/t9-,11-/m0/s1. The third kappa shape index (κ3) is 2.27. The Balaban J connectivity index is 2.12. The van der Waals surface area contributed by atoms with E-state index in [1.165, 1.54) is 12.1 Å². The van der Waals surface area contributed by atoms with Gasteiger partial charge in [0.2, 0.25) is 0 Å². The molecular weight excluding hydrogens is 199 g/mol. The number of aliphatic hydroxyl groups is 1. The van der Waals surface area contributed by atoms with E-state index in [4.69, 9.17) is 9.47 Å². The molecule has 2 atom stereocenters. The largest absolute Gasteiger partial charge is 0.485 e. The molecule has 1 fully saturated rings. The van der Waals surface area contributed by atoms with Crippen LogP contribution in [-0.2, 0) is 4.74 Å². The fraction of sp³-hybridized carbons (Fsp3) is 0.455. The lowest BCUT2D eigenvalue weighted by Gasteiger charge is -2.16. The summed E-state index contributed by atoms with van der Waals surface area (Å²) >= 11 is 0. The first-order chi connectivity index (χ1) is 7.16. The van der Waals surface area contributed by atoms with Crippen molar-refractivity contribution in [1.29, 1.82) is 0 Å². The van der Waals surface area contributed by atoms with Crippen LogP contribution in [0.3, 0.4) is 0 Å². The maximum atomic E-state index is 12.9. The van der Waals surface area contributed by atoms with Crippen LogP contribution in [0.1, 0.15) is 5.56 Å². The third-order valence-corrected chi connectivity index (χ3v) is 2.43. The first kappa shape index (κ1) is 10.4. The molecule has 1 N–H and O–H groups in total. The minimum atomic E-state index is -0.632. The molecule has 1 aromatic rings. The Morgan fingerprint density at radius 3 is 2.93 bits per heavy atom. The molecule has 0 bridgehead atoms. The number of aliphatic hydroxyl groups excluding tert-OH is 1. The maximum absolute atomic E-state index is 12.9. The van der Waals surface area contributed by atoms with Crippen molar-refractivity contribution in [3.63, 3.8) is 0 Å². The van der Waals surface area contributed by atoms with Gasteiger partial charge in [0.25, 0.3) is 0 Å². The fourth-order valence-corrected chi connectivity index (χ4v) is 1.50. The first-order valence-electron chi connectivity index (χ1n) is 4.85. The monoisotopic (exact) mass is 212 g/mol. The smallest absolute Gasteiger partial charge is 0.150 e. The highest BCUT2D eigenvalue weighted by molar-refractivity contribution is 5.33. The second kappa shape index (κ2) is 4.16. The number of ether oxygens (including phenoxy) is 2. The molecular formula is C11H13FO3. The van der Waals surface area contributed by atoms with E-state index in [0.717, 1.165) is 5.56 Å². The summed E-state index contributed by atoms with van der Waals surface area (Å²) in [6.07, 6.45) is -1.03. The van der Waals surface area contributed by atoms with Gasteiger partial charge >= 0.3 is 0 Å². The molecule has 0 saturated carbocycles. The Kier molecular flexibility index (Phi) is 2.88. The summed E-state index contributed by atoms with van der Waals surface area (Å²) in [7, 11) is 0. The zero-order chi connectivity index (χ0) is 10.8. The number of halogens is 1. The van der Waals surface area contributed by atoms with Gasteiger partial charge in [-0.2, -0.15) is 0 Å². The lowest BCUT2D eigenvalue weighted by Crippen LogP contribution is -2.30. The highest BCUT2D eigenvalue weighted by Gasteiger charge is 2.28. The van der Waals surface area contributed by atoms with Gasteiger partial charge in [0, 0.05) is 6.07 Å². The Morgan fingerprint density at radius 1 is 1.47 bits per heavy atom. The average Bonchev–Trinajstić information content (AvgIpc) is 2.58. The van der Waals surface area contributed by atoms with Gasteiger partial charge in [-0.15, -0.1) is 0 Å². The summed E-state index contributed by atoms with van der Waals surface area (Å²) in [5.41, 5.74) is 0.843. The molecule has 1 aromatic carbocycles. The van der Waals surface area contributed by atoms with Gasteiger partial charge in [-0.1, -0.05) is 6.07 Å². The topological polar surface area (TPSA) is 38.7 Å². The number of hydrogen-bond donors (Lipinski definition) is 1. The summed E-state index contributed by atoms with van der Waals surface area (Å²) in [4.78, 5) is 0. The summed E-state index contributed by atoms with van der Waals surface area (Å²) in [6.45, 7) is 2.45. The molecule has 2 rings (SSSR count). The van der Waals surface area contributed by atoms with E-state index >= 15 is 0 Å². The molecule has 0 unspecified atom stereocenters. The number of hydrogen-bond acceptors (Lipinski definition) is 3. The van der Waals surface area contributed by atoms with Crippen LogP contribution in [0.5, 0.6) is 5.75 Å². The molecule has 3 nitrogen and oxygen atoms in total. The van der Waals surface area contributed by atoms with Crippen molar-refractivity contribution in [3.05, 3.63) is 29.6 Å². The predicted molar refractivity (Wildman–Crippen MR) is 52.4 cm³/mol. The van der Waals surface area contributed by atoms with Gasteiger partial charge < -0.3 is 14.6 Å². The molecule has 4 heteroatoms. The molecule has 0 spiro atoms. The molecule has 0 amide bonds. The Hall–Kier alpha value is -1.13. The zero-order valence-electron chi connectivity index (χ0n) is 8.44. The maximum Gasteiger partial charge on any atom is 0.150 e. The quantitative estimate of drug-likeness (QED) is 0.802. The Morgan fingerprint density at radius 2 is 2.27 bits per heavy atom. The van der Waals surface area contributed by atoms with Gasteiger partial charge in [-0.25, -0.2) is 4.39 Å². The predicted octanol–water partition coefficient (Wildman–Crippen LogP) is 1.27. The van der Waals surface area contributed by atoms with Crippen LogP contribution >= 0.6 is 0 Å². The van der Waals surface area contributed by atoms with Gasteiger partial charge in [-0.05, 0) is 18.6 Å². The van der Waals surface area contributed by atoms with Crippen LogP contribution in [-0.4, -0.2) is 30.5 Å². The number of aryl methyl sites for hydroxylation is 1. The summed E-state index contributed by atoms with van der Waals surface area (Å²) in [5.74, 6) is 0.119. The molecule has 1 saturated heterocycles. The van der Waals surface area contributed by atoms with E-state index < -0.39 is 12.2 Å². The number of benzene rings is 1. The molecule has 0 aromatic heterocycles. The van der Waals surface area contributed by atoms with Crippen molar-refractivity contribution >= 4 is 0 Å². The molecule has 82 valence electrons. The summed E-state index contributed by atoms with van der Waals surface area (Å²) < 4.78 is 23.5. The van der Waals surface area contributed by atoms with Crippen molar-refractivity contribution in [3.8, 4) is 5.75 Å². The third-order valence-electron chi connectivity index (χ3n) is 2.43. The molecule has 1 aliphatic heterocycles. The van der Waals surface area contributed by atoms with Gasteiger partial charge in [0.15, 0.2) is 0 Å². The Bertz CT molecular complexity index is 354. The fourth-order valence-electron chi connectivity index (χ4n) is 1.50. The second-order valence-corrected chi connectivity index (χ2v) is 3.67. The summed E-state index contributed by atoms with van der Waals surface area (Å²) in [5, 5.41) is 9.47. The summed E-state index contributed by atoms with van der Waals surface area (Å²) in [6, 6.07) is 4.34. The zero-order valence-corrected chi connectivity index (χ0v) is 8.44. The molecule has 1 aliphatic rings. The SMILES string of the molecule is Cc1ccc(F)cc1O[C@H]1COC[C@@H]1O. The van der Waals surface area contributed by atoms with Crippen molar-refractivity contribution in [2.24, 2.45) is 0 Å². The lowest BCUT2D eigenvalue weighted by molar-refractivity contribution is 0.0727. The average molecular weight is 212 g/mol. The van der Waals surface area contributed by atoms with Crippen LogP contribution < -0.4 is 4.74 Å². The normalized spacial score (nSPS) is 25.5. The van der Waals surface area contributed by atoms with Gasteiger partial charge in [0.05, 0.1) is 13.2 Å². The minimum Gasteiger partial charge on any atom is -0.485 e. The van der Waals surface area contributed by atoms with Crippen LogP contribution in [0.2, 0.25) is 0 Å². The molecule has 0 radical (unpaired) electrons. The lowest BCUT2D eigenvalue weighted by atomic mass is 10.2. The van der Waals surface area contributed by atoms with E-state index in [0.29, 0.717) is 12.4 Å². The number of rotatable bonds is 2. The van der Waals surface area contributed by atoms with Crippen molar-refractivity contribution < 1.29 is 19.0 Å². The molecule has 1 heterocycles. The van der Waals surface area contributed by atoms with E-state index in [2.05, 4.69) is 0 Å². The highest BCUT2D eigenvalue weighted by Crippen LogP contribution is 2.22. The van der Waals surface area contributed by atoms with Gasteiger partial charge in [-0.3, -0.25) is 0 Å². The van der Waals surface area contributed by atoms with Crippen molar-refractivity contribution in [2.45, 2.75) is 19.1 Å². The highest BCUT2D eigenvalue weighted by atomic mass is 19.1. The van der Waals surface area contributed by atoms with Crippen LogP contribution in [0, 0.1) is 12.7 Å². The molecule has 0 aliphatic carbocycles. The van der Waals surface area contributed by atoms with E-state index in [1.807, 2.05) is 6.92 Å². The minimum absolute atomic E-state index is 0.277. The first-order valence-corrected chi connectivity index (χ1v) is 4.85. The molecule has 15 heavy (non-hydrogen) atoms. The van der Waals surface area contributed by atoms with Crippen molar-refractivity contribution in [1.82, 2.24) is 0 Å². The second-order valence-electron chi connectivity index (χ2n) is 3.67. The Labute approximate surface area is 87.4 Å².